The van der Waals surface area contributed by atoms with Crippen molar-refractivity contribution in [1.82, 2.24) is 4.90 Å². The van der Waals surface area contributed by atoms with Crippen LogP contribution in [0.25, 0.3) is 0 Å². The molecule has 1 aromatic rings. The van der Waals surface area contributed by atoms with Gasteiger partial charge in [-0.2, -0.15) is 0 Å². The standard InChI is InChI=1S/C15H24N4/c1-3-19-10-8-12(9-11-19)18(2)14-7-5-4-6-13(14)15(16)17/h4-7,12H,3,8-11H2,1-2H3,(H3,16,17). The Balaban J connectivity index is 2.12. The summed E-state index contributed by atoms with van der Waals surface area (Å²) in [5, 5.41) is 7.69. The molecule has 0 spiro atoms. The second-order valence-corrected chi connectivity index (χ2v) is 5.21. The second-order valence-electron chi connectivity index (χ2n) is 5.21. The van der Waals surface area contributed by atoms with Crippen LogP contribution in [0.4, 0.5) is 5.69 Å². The summed E-state index contributed by atoms with van der Waals surface area (Å²) >= 11 is 0. The number of piperidine rings is 1. The lowest BCUT2D eigenvalue weighted by Gasteiger charge is -2.38. The second kappa shape index (κ2) is 6.06. The van der Waals surface area contributed by atoms with Gasteiger partial charge in [-0.1, -0.05) is 19.1 Å². The number of amidine groups is 1. The Morgan fingerprint density at radius 1 is 1.37 bits per heavy atom. The predicted octanol–water partition coefficient (Wildman–Crippen LogP) is 1.89. The minimum Gasteiger partial charge on any atom is -0.384 e. The molecule has 0 saturated carbocycles. The molecule has 104 valence electrons. The third-order valence-electron chi connectivity index (χ3n) is 4.13. The summed E-state index contributed by atoms with van der Waals surface area (Å²) in [4.78, 5) is 4.78. The van der Waals surface area contributed by atoms with Crippen molar-refractivity contribution in [2.75, 3.05) is 31.6 Å². The fourth-order valence-electron chi connectivity index (χ4n) is 2.83. The Bertz CT molecular complexity index is 436. The molecule has 1 fully saturated rings. The first kappa shape index (κ1) is 13.9. The number of nitrogens with one attached hydrogen (secondary N) is 1. The third kappa shape index (κ3) is 3.07. The van der Waals surface area contributed by atoms with E-state index in [1.54, 1.807) is 0 Å². The maximum atomic E-state index is 7.69. The van der Waals surface area contributed by atoms with Gasteiger partial charge in [0, 0.05) is 37.4 Å². The molecule has 19 heavy (non-hydrogen) atoms. The Hall–Kier alpha value is -1.55. The Morgan fingerprint density at radius 2 is 2.00 bits per heavy atom. The summed E-state index contributed by atoms with van der Waals surface area (Å²) < 4.78 is 0. The normalized spacial score (nSPS) is 17.4. The maximum Gasteiger partial charge on any atom is 0.124 e. The van der Waals surface area contributed by atoms with Crippen molar-refractivity contribution < 1.29 is 0 Å². The number of nitrogen functional groups attached to an aromatic ring is 1. The molecule has 0 atom stereocenters. The van der Waals surface area contributed by atoms with Crippen molar-refractivity contribution in [3.8, 4) is 0 Å². The average Bonchev–Trinajstić information content (AvgIpc) is 2.46. The number of anilines is 1. The van der Waals surface area contributed by atoms with Gasteiger partial charge < -0.3 is 15.5 Å². The van der Waals surface area contributed by atoms with Gasteiger partial charge in [0.05, 0.1) is 0 Å². The van der Waals surface area contributed by atoms with Crippen LogP contribution in [0.3, 0.4) is 0 Å². The smallest absolute Gasteiger partial charge is 0.124 e. The quantitative estimate of drug-likeness (QED) is 0.642. The molecule has 0 amide bonds. The van der Waals surface area contributed by atoms with Crippen LogP contribution in [-0.4, -0.2) is 43.5 Å². The van der Waals surface area contributed by atoms with Crippen LogP contribution in [0.1, 0.15) is 25.3 Å². The summed E-state index contributed by atoms with van der Waals surface area (Å²) in [6.07, 6.45) is 2.35. The van der Waals surface area contributed by atoms with Crippen molar-refractivity contribution in [3.05, 3.63) is 29.8 Å². The number of hydrogen-bond donors (Lipinski definition) is 2. The van der Waals surface area contributed by atoms with Crippen LogP contribution >= 0.6 is 0 Å². The molecule has 1 aliphatic rings. The van der Waals surface area contributed by atoms with E-state index in [9.17, 15) is 0 Å². The van der Waals surface area contributed by atoms with Gasteiger partial charge in [-0.15, -0.1) is 0 Å². The van der Waals surface area contributed by atoms with Crippen molar-refractivity contribution in [3.63, 3.8) is 0 Å². The third-order valence-corrected chi connectivity index (χ3v) is 4.13. The Morgan fingerprint density at radius 3 is 2.58 bits per heavy atom. The monoisotopic (exact) mass is 260 g/mol. The molecule has 3 N–H and O–H groups in total. The highest BCUT2D eigenvalue weighted by atomic mass is 15.2. The fraction of sp³-hybridized carbons (Fsp3) is 0.533. The number of para-hydroxylation sites is 1. The van der Waals surface area contributed by atoms with Gasteiger partial charge in [0.25, 0.3) is 0 Å². The molecule has 1 heterocycles. The predicted molar refractivity (Wildman–Crippen MR) is 81.0 cm³/mol. The van der Waals surface area contributed by atoms with Crippen molar-refractivity contribution in [1.29, 1.82) is 5.41 Å². The molecule has 4 heteroatoms. The maximum absolute atomic E-state index is 7.69. The van der Waals surface area contributed by atoms with Crippen molar-refractivity contribution in [2.45, 2.75) is 25.8 Å². The summed E-state index contributed by atoms with van der Waals surface area (Å²) in [6, 6.07) is 8.48. The average molecular weight is 260 g/mol. The van der Waals surface area contributed by atoms with Crippen LogP contribution < -0.4 is 10.6 Å². The Labute approximate surface area is 115 Å². The zero-order valence-electron chi connectivity index (χ0n) is 11.9. The van der Waals surface area contributed by atoms with Gasteiger partial charge in [-0.05, 0) is 31.5 Å². The molecular weight excluding hydrogens is 236 g/mol. The first-order valence-electron chi connectivity index (χ1n) is 7.02. The van der Waals surface area contributed by atoms with E-state index in [1.807, 2.05) is 18.2 Å². The number of rotatable bonds is 4. The van der Waals surface area contributed by atoms with Gasteiger partial charge >= 0.3 is 0 Å². The molecule has 1 saturated heterocycles. The fourth-order valence-corrected chi connectivity index (χ4v) is 2.83. The highest BCUT2D eigenvalue weighted by molar-refractivity contribution is 6.00. The molecule has 0 aromatic heterocycles. The molecule has 0 radical (unpaired) electrons. The summed E-state index contributed by atoms with van der Waals surface area (Å²) in [6.45, 7) is 5.68. The number of likely N-dealkylation sites (tertiary alicyclic amines) is 1. The van der Waals surface area contributed by atoms with Crippen LogP contribution in [0.2, 0.25) is 0 Å². The van der Waals surface area contributed by atoms with Gasteiger partial charge in [-0.25, -0.2) is 0 Å². The molecular formula is C15H24N4. The van der Waals surface area contributed by atoms with E-state index in [4.69, 9.17) is 11.1 Å². The van der Waals surface area contributed by atoms with Crippen LogP contribution in [0.5, 0.6) is 0 Å². The van der Waals surface area contributed by atoms with E-state index in [0.29, 0.717) is 6.04 Å². The number of benzene rings is 1. The molecule has 0 bridgehead atoms. The summed E-state index contributed by atoms with van der Waals surface area (Å²) in [5.41, 5.74) is 7.58. The lowest BCUT2D eigenvalue weighted by Crippen LogP contribution is -2.43. The van der Waals surface area contributed by atoms with Gasteiger partial charge in [0.2, 0.25) is 0 Å². The molecule has 2 rings (SSSR count). The first-order valence-corrected chi connectivity index (χ1v) is 7.02. The van der Waals surface area contributed by atoms with E-state index >= 15 is 0 Å². The van der Waals surface area contributed by atoms with Crippen LogP contribution in [0.15, 0.2) is 24.3 Å². The molecule has 0 aliphatic carbocycles. The minimum atomic E-state index is 0.147. The first-order chi connectivity index (χ1) is 9.13. The number of nitrogens with two attached hydrogens (primary N) is 1. The van der Waals surface area contributed by atoms with Crippen molar-refractivity contribution >= 4 is 11.5 Å². The van der Waals surface area contributed by atoms with Crippen LogP contribution in [-0.2, 0) is 0 Å². The van der Waals surface area contributed by atoms with Gasteiger partial charge in [0.1, 0.15) is 5.84 Å². The van der Waals surface area contributed by atoms with E-state index in [0.717, 1.165) is 30.9 Å². The summed E-state index contributed by atoms with van der Waals surface area (Å²) in [5.74, 6) is 0.147. The lowest BCUT2D eigenvalue weighted by molar-refractivity contribution is 0.221. The molecule has 4 nitrogen and oxygen atoms in total. The number of hydrogen-bond acceptors (Lipinski definition) is 3. The molecule has 1 aliphatic heterocycles. The highest BCUT2D eigenvalue weighted by Gasteiger charge is 2.23. The highest BCUT2D eigenvalue weighted by Crippen LogP contribution is 2.25. The van der Waals surface area contributed by atoms with Crippen molar-refractivity contribution in [2.24, 2.45) is 5.73 Å². The van der Waals surface area contributed by atoms with E-state index < -0.39 is 0 Å². The largest absolute Gasteiger partial charge is 0.384 e. The van der Waals surface area contributed by atoms with Gasteiger partial charge in [-0.3, -0.25) is 5.41 Å². The van der Waals surface area contributed by atoms with E-state index in [-0.39, 0.29) is 5.84 Å². The molecule has 0 unspecified atom stereocenters. The Kier molecular flexibility index (Phi) is 4.43. The van der Waals surface area contributed by atoms with Gasteiger partial charge in [0.15, 0.2) is 0 Å². The topological polar surface area (TPSA) is 56.4 Å². The zero-order valence-corrected chi connectivity index (χ0v) is 11.9. The SMILES string of the molecule is CCN1CCC(N(C)c2ccccc2C(=N)N)CC1. The van der Waals surface area contributed by atoms with E-state index in [1.165, 1.54) is 12.8 Å². The minimum absolute atomic E-state index is 0.147. The van der Waals surface area contributed by atoms with Crippen LogP contribution in [0, 0.1) is 5.41 Å². The molecule has 1 aromatic carbocycles. The zero-order chi connectivity index (χ0) is 13.8. The summed E-state index contributed by atoms with van der Waals surface area (Å²) in [7, 11) is 2.12. The number of nitrogens with zero attached hydrogens (tertiary/aromatic N) is 2. The lowest BCUT2D eigenvalue weighted by atomic mass is 10.0. The van der Waals surface area contributed by atoms with E-state index in [2.05, 4.69) is 29.8 Å².